The van der Waals surface area contributed by atoms with E-state index in [1.807, 2.05) is 26.0 Å². The van der Waals surface area contributed by atoms with Crippen LogP contribution in [0.3, 0.4) is 0 Å². The molecule has 1 N–H and O–H groups in total. The molecule has 0 atom stereocenters. The maximum Gasteiger partial charge on any atom is 0.349 e. The number of anilines is 1. The van der Waals surface area contributed by atoms with Gasteiger partial charge in [-0.2, -0.15) is 5.26 Å². The van der Waals surface area contributed by atoms with Gasteiger partial charge in [0.15, 0.2) is 18.1 Å². The molecule has 1 aliphatic carbocycles. The first-order valence-electron chi connectivity index (χ1n) is 11.6. The van der Waals surface area contributed by atoms with Crippen LogP contribution in [0.25, 0.3) is 6.08 Å². The molecule has 2 aromatic rings. The zero-order valence-corrected chi connectivity index (χ0v) is 19.8. The van der Waals surface area contributed by atoms with E-state index < -0.39 is 24.3 Å². The van der Waals surface area contributed by atoms with E-state index in [4.69, 9.17) is 14.2 Å². The lowest BCUT2D eigenvalue weighted by Crippen LogP contribution is -2.34. The third-order valence-electron chi connectivity index (χ3n) is 6.22. The van der Waals surface area contributed by atoms with Crippen molar-refractivity contribution in [2.75, 3.05) is 11.9 Å². The standard InChI is InChI=1S/C26H29N3O5/c1-4-11-29-17(2)12-19(18(29)3)13-20(15-27)25(31)32-16-24(30)28-21-7-8-22-23(14-21)34-26(33-22)9-5-6-10-26/h7-8,12-14H,4-6,9-11,16H2,1-3H3,(H,28,30)/b20-13+. The number of nitriles is 1. The van der Waals surface area contributed by atoms with Crippen molar-refractivity contribution in [1.82, 2.24) is 4.57 Å². The minimum absolute atomic E-state index is 0.158. The molecule has 8 nitrogen and oxygen atoms in total. The Morgan fingerprint density at radius 3 is 2.65 bits per heavy atom. The van der Waals surface area contributed by atoms with Gasteiger partial charge >= 0.3 is 5.97 Å². The van der Waals surface area contributed by atoms with Crippen LogP contribution in [0, 0.1) is 25.2 Å². The van der Waals surface area contributed by atoms with Gasteiger partial charge in [0.1, 0.15) is 11.6 Å². The molecule has 1 saturated carbocycles. The molecule has 1 amide bonds. The Kier molecular flexibility index (Phi) is 6.64. The van der Waals surface area contributed by atoms with Gasteiger partial charge in [-0.05, 0) is 62.9 Å². The van der Waals surface area contributed by atoms with E-state index in [2.05, 4.69) is 16.8 Å². The van der Waals surface area contributed by atoms with Gasteiger partial charge in [-0.15, -0.1) is 0 Å². The number of amides is 1. The molecule has 1 aliphatic heterocycles. The highest BCUT2D eigenvalue weighted by atomic mass is 16.7. The third kappa shape index (κ3) is 4.79. The van der Waals surface area contributed by atoms with Crippen molar-refractivity contribution in [3.63, 3.8) is 0 Å². The van der Waals surface area contributed by atoms with E-state index in [9.17, 15) is 14.9 Å². The lowest BCUT2D eigenvalue weighted by molar-refractivity contribution is -0.142. The molecule has 0 unspecified atom stereocenters. The van der Waals surface area contributed by atoms with Crippen molar-refractivity contribution in [2.24, 2.45) is 0 Å². The number of fused-ring (bicyclic) bond motifs is 1. The number of rotatable bonds is 7. The van der Waals surface area contributed by atoms with Crippen LogP contribution >= 0.6 is 0 Å². The first kappa shape index (κ1) is 23.4. The molecular formula is C26H29N3O5. The van der Waals surface area contributed by atoms with Crippen LogP contribution in [-0.4, -0.2) is 28.8 Å². The Balaban J connectivity index is 1.35. The fourth-order valence-corrected chi connectivity index (χ4v) is 4.53. The highest BCUT2D eigenvalue weighted by molar-refractivity contribution is 6.00. The number of carbonyl (C=O) groups excluding carboxylic acids is 2. The van der Waals surface area contributed by atoms with Crippen LogP contribution in [0.2, 0.25) is 0 Å². The quantitative estimate of drug-likeness (QED) is 0.364. The van der Waals surface area contributed by atoms with Crippen molar-refractivity contribution in [3.8, 4) is 17.6 Å². The average Bonchev–Trinajstić information content (AvgIpc) is 3.49. The van der Waals surface area contributed by atoms with Gasteiger partial charge in [0.25, 0.3) is 11.7 Å². The summed E-state index contributed by atoms with van der Waals surface area (Å²) in [5.74, 6) is -0.678. The van der Waals surface area contributed by atoms with Crippen molar-refractivity contribution >= 4 is 23.6 Å². The van der Waals surface area contributed by atoms with Crippen molar-refractivity contribution in [3.05, 3.63) is 46.8 Å². The molecule has 0 saturated heterocycles. The van der Waals surface area contributed by atoms with Gasteiger partial charge in [0, 0.05) is 42.5 Å². The zero-order valence-electron chi connectivity index (χ0n) is 19.8. The second-order valence-corrected chi connectivity index (χ2v) is 8.76. The summed E-state index contributed by atoms with van der Waals surface area (Å²) in [5.41, 5.74) is 3.16. The minimum Gasteiger partial charge on any atom is -0.451 e. The SMILES string of the molecule is CCCn1c(C)cc(/C=C(\C#N)C(=O)OCC(=O)Nc2ccc3c(c2)OC2(CCCC2)O3)c1C. The summed E-state index contributed by atoms with van der Waals surface area (Å²) in [7, 11) is 0. The predicted molar refractivity (Wildman–Crippen MR) is 126 cm³/mol. The molecule has 178 valence electrons. The molecule has 34 heavy (non-hydrogen) atoms. The molecule has 0 radical (unpaired) electrons. The fraction of sp³-hybridized carbons (Fsp3) is 0.423. The number of nitrogens with zero attached hydrogens (tertiary/aromatic N) is 2. The summed E-state index contributed by atoms with van der Waals surface area (Å²) in [6.07, 6.45) is 6.29. The maximum atomic E-state index is 12.4. The summed E-state index contributed by atoms with van der Waals surface area (Å²) in [5, 5.41) is 12.1. The molecule has 1 aromatic carbocycles. The van der Waals surface area contributed by atoms with Crippen molar-refractivity contribution in [2.45, 2.75) is 65.2 Å². The predicted octanol–water partition coefficient (Wildman–Crippen LogP) is 4.65. The molecule has 2 heterocycles. The van der Waals surface area contributed by atoms with Gasteiger partial charge in [-0.1, -0.05) is 6.92 Å². The van der Waals surface area contributed by atoms with Crippen molar-refractivity contribution in [1.29, 1.82) is 5.26 Å². The lowest BCUT2D eigenvalue weighted by Gasteiger charge is -2.21. The first-order chi connectivity index (χ1) is 16.3. The molecule has 1 spiro atoms. The van der Waals surface area contributed by atoms with Gasteiger partial charge < -0.3 is 24.1 Å². The Morgan fingerprint density at radius 2 is 1.94 bits per heavy atom. The van der Waals surface area contributed by atoms with Crippen LogP contribution in [0.4, 0.5) is 5.69 Å². The minimum atomic E-state index is -0.841. The molecule has 1 fully saturated rings. The van der Waals surface area contributed by atoms with Gasteiger partial charge in [-0.3, -0.25) is 4.79 Å². The number of esters is 1. The largest absolute Gasteiger partial charge is 0.451 e. The maximum absolute atomic E-state index is 12.4. The number of nitrogens with one attached hydrogen (secondary N) is 1. The molecule has 4 rings (SSSR count). The zero-order chi connectivity index (χ0) is 24.3. The van der Waals surface area contributed by atoms with E-state index >= 15 is 0 Å². The molecule has 0 bridgehead atoms. The van der Waals surface area contributed by atoms with E-state index in [-0.39, 0.29) is 5.57 Å². The monoisotopic (exact) mass is 463 g/mol. The number of hydrogen-bond donors (Lipinski definition) is 1. The first-order valence-corrected chi connectivity index (χ1v) is 11.6. The molecule has 2 aliphatic rings. The van der Waals surface area contributed by atoms with E-state index in [1.165, 1.54) is 6.08 Å². The lowest BCUT2D eigenvalue weighted by atomic mass is 10.1. The number of aromatic nitrogens is 1. The summed E-state index contributed by atoms with van der Waals surface area (Å²) < 4.78 is 19.2. The summed E-state index contributed by atoms with van der Waals surface area (Å²) >= 11 is 0. The van der Waals surface area contributed by atoms with Gasteiger partial charge in [0.2, 0.25) is 0 Å². The highest BCUT2D eigenvalue weighted by Gasteiger charge is 2.44. The summed E-state index contributed by atoms with van der Waals surface area (Å²) in [6, 6.07) is 8.98. The normalized spacial score (nSPS) is 15.9. The molecule has 1 aromatic heterocycles. The number of hydrogen-bond acceptors (Lipinski definition) is 6. The smallest absolute Gasteiger partial charge is 0.349 e. The Labute approximate surface area is 199 Å². The number of ether oxygens (including phenoxy) is 3. The third-order valence-corrected chi connectivity index (χ3v) is 6.22. The Morgan fingerprint density at radius 1 is 1.21 bits per heavy atom. The van der Waals surface area contributed by atoms with Crippen LogP contribution < -0.4 is 14.8 Å². The summed E-state index contributed by atoms with van der Waals surface area (Å²) in [4.78, 5) is 24.8. The second kappa shape index (κ2) is 9.64. The second-order valence-electron chi connectivity index (χ2n) is 8.76. The topological polar surface area (TPSA) is 103 Å². The van der Waals surface area contributed by atoms with E-state index in [1.54, 1.807) is 18.2 Å². The van der Waals surface area contributed by atoms with Crippen LogP contribution in [-0.2, 0) is 20.9 Å². The van der Waals surface area contributed by atoms with Crippen molar-refractivity contribution < 1.29 is 23.8 Å². The van der Waals surface area contributed by atoms with E-state index in [0.717, 1.165) is 55.6 Å². The Bertz CT molecular complexity index is 1180. The van der Waals surface area contributed by atoms with Crippen LogP contribution in [0.15, 0.2) is 29.8 Å². The Hall–Kier alpha value is -3.73. The molecule has 8 heteroatoms. The van der Waals surface area contributed by atoms with Gasteiger partial charge in [-0.25, -0.2) is 4.79 Å². The van der Waals surface area contributed by atoms with E-state index in [0.29, 0.717) is 17.2 Å². The van der Waals surface area contributed by atoms with Crippen LogP contribution in [0.5, 0.6) is 11.5 Å². The highest BCUT2D eigenvalue weighted by Crippen LogP contribution is 2.47. The molecular weight excluding hydrogens is 434 g/mol. The number of carbonyl (C=O) groups is 2. The van der Waals surface area contributed by atoms with Crippen LogP contribution in [0.1, 0.15) is 56.0 Å². The fourth-order valence-electron chi connectivity index (χ4n) is 4.53. The summed E-state index contributed by atoms with van der Waals surface area (Å²) in [6.45, 7) is 6.37. The average molecular weight is 464 g/mol. The number of benzene rings is 1. The number of aryl methyl sites for hydroxylation is 1. The van der Waals surface area contributed by atoms with Gasteiger partial charge in [0.05, 0.1) is 0 Å².